The first-order valence-corrected chi connectivity index (χ1v) is 21.4. The first kappa shape index (κ1) is 36.0. The molecule has 0 fully saturated rings. The maximum absolute atomic E-state index is 6.57. The van der Waals surface area contributed by atoms with Crippen molar-refractivity contribution in [2.75, 3.05) is 0 Å². The summed E-state index contributed by atoms with van der Waals surface area (Å²) in [6, 6.07) is 71.4. The SMILES string of the molecule is c1ccc(-c2nc(-c3ccccc3)nc(-c3cccc(-c4ccc(-c5ccc(-c6nc7c(ccc8c9ccccc9oc87)o6)c6ccc7ccccc7c56)c5ccccc45)c3)n2)cc1. The van der Waals surface area contributed by atoms with Gasteiger partial charge in [0, 0.05) is 33.0 Å². The summed E-state index contributed by atoms with van der Waals surface area (Å²) in [7, 11) is 0. The van der Waals surface area contributed by atoms with Crippen molar-refractivity contribution in [2.45, 2.75) is 0 Å². The van der Waals surface area contributed by atoms with E-state index in [4.69, 9.17) is 28.8 Å². The van der Waals surface area contributed by atoms with Gasteiger partial charge < -0.3 is 8.83 Å². The van der Waals surface area contributed by atoms with E-state index < -0.39 is 0 Å². The fourth-order valence-electron chi connectivity index (χ4n) is 9.37. The van der Waals surface area contributed by atoms with Crippen molar-refractivity contribution in [2.24, 2.45) is 0 Å². The summed E-state index contributed by atoms with van der Waals surface area (Å²) in [5.41, 5.74) is 11.2. The van der Waals surface area contributed by atoms with E-state index in [1.54, 1.807) is 0 Å². The van der Waals surface area contributed by atoms with E-state index in [0.717, 1.165) is 104 Å². The zero-order valence-electron chi connectivity index (χ0n) is 34.2. The lowest BCUT2D eigenvalue weighted by Crippen LogP contribution is -2.00. The molecule has 0 saturated carbocycles. The van der Waals surface area contributed by atoms with Gasteiger partial charge in [-0.25, -0.2) is 19.9 Å². The monoisotopic (exact) mass is 818 g/mol. The molecule has 13 aromatic rings. The molecule has 3 heterocycles. The molecule has 0 aliphatic heterocycles. The maximum atomic E-state index is 6.57. The molecule has 0 aliphatic carbocycles. The Bertz CT molecular complexity index is 3910. The second kappa shape index (κ2) is 14.4. The van der Waals surface area contributed by atoms with Crippen LogP contribution in [0.1, 0.15) is 0 Å². The largest absolute Gasteiger partial charge is 0.454 e. The van der Waals surface area contributed by atoms with Gasteiger partial charge in [-0.05, 0) is 84.9 Å². The summed E-state index contributed by atoms with van der Waals surface area (Å²) in [4.78, 5) is 20.1. The molecule has 64 heavy (non-hydrogen) atoms. The third-order valence-electron chi connectivity index (χ3n) is 12.4. The fourth-order valence-corrected chi connectivity index (χ4v) is 9.37. The smallest absolute Gasteiger partial charge is 0.228 e. The minimum Gasteiger partial charge on any atom is -0.454 e. The lowest BCUT2D eigenvalue weighted by Gasteiger charge is -2.17. The molecule has 13 rings (SSSR count). The van der Waals surface area contributed by atoms with Crippen LogP contribution in [0.5, 0.6) is 0 Å². The zero-order chi connectivity index (χ0) is 42.1. The van der Waals surface area contributed by atoms with Gasteiger partial charge in [-0.2, -0.15) is 0 Å². The third-order valence-corrected chi connectivity index (χ3v) is 12.4. The Labute approximate surface area is 366 Å². The summed E-state index contributed by atoms with van der Waals surface area (Å²) in [5, 5.41) is 8.92. The summed E-state index contributed by atoms with van der Waals surface area (Å²) in [5.74, 6) is 2.44. The number of fused-ring (bicyclic) bond motifs is 9. The van der Waals surface area contributed by atoms with Gasteiger partial charge in [0.05, 0.1) is 0 Å². The van der Waals surface area contributed by atoms with E-state index in [1.807, 2.05) is 84.9 Å². The van der Waals surface area contributed by atoms with Crippen LogP contribution in [0, 0.1) is 0 Å². The predicted octanol–water partition coefficient (Wildman–Crippen LogP) is 15.4. The number of nitrogens with zero attached hydrogens (tertiary/aromatic N) is 4. The van der Waals surface area contributed by atoms with E-state index in [0.29, 0.717) is 28.9 Å². The highest BCUT2D eigenvalue weighted by atomic mass is 16.4. The quantitative estimate of drug-likeness (QED) is 0.156. The standard InChI is InChI=1S/C58H34N4O2/c1-3-15-36(16-4-1)55-60-56(37-17-5-2-6-18-37)62-57(61-55)39-20-13-19-38(34-39)40-28-29-44(43-23-10-9-22-42(40)43)46-30-31-49(47-27-26-35-14-7-8-21-41(35)52(46)47)58-59-53-51(64-58)33-32-48-45-24-11-12-25-50(45)63-54(48)53/h1-34H. The number of oxazole rings is 1. The molecule has 0 saturated heterocycles. The van der Waals surface area contributed by atoms with Crippen molar-refractivity contribution in [3.05, 3.63) is 206 Å². The Morgan fingerprint density at radius 3 is 1.62 bits per heavy atom. The zero-order valence-corrected chi connectivity index (χ0v) is 34.2. The van der Waals surface area contributed by atoms with E-state index in [-0.39, 0.29) is 0 Å². The lowest BCUT2D eigenvalue weighted by atomic mass is 9.87. The third kappa shape index (κ3) is 5.81. The van der Waals surface area contributed by atoms with Crippen molar-refractivity contribution < 1.29 is 8.83 Å². The molecule has 0 bridgehead atoms. The molecule has 0 spiro atoms. The normalized spacial score (nSPS) is 11.8. The molecule has 0 unspecified atom stereocenters. The first-order chi connectivity index (χ1) is 31.7. The number of hydrogen-bond donors (Lipinski definition) is 0. The molecule has 10 aromatic carbocycles. The highest BCUT2D eigenvalue weighted by Crippen LogP contribution is 2.45. The van der Waals surface area contributed by atoms with Gasteiger partial charge in [0.2, 0.25) is 5.89 Å². The van der Waals surface area contributed by atoms with Crippen molar-refractivity contribution >= 4 is 65.4 Å². The number of hydrogen-bond acceptors (Lipinski definition) is 6. The highest BCUT2D eigenvalue weighted by Gasteiger charge is 2.21. The Hall–Kier alpha value is -8.74. The predicted molar refractivity (Wildman–Crippen MR) is 260 cm³/mol. The van der Waals surface area contributed by atoms with Gasteiger partial charge >= 0.3 is 0 Å². The molecule has 6 heteroatoms. The minimum atomic E-state index is 0.555. The van der Waals surface area contributed by atoms with E-state index >= 15 is 0 Å². The number of rotatable bonds is 6. The van der Waals surface area contributed by atoms with Crippen molar-refractivity contribution in [3.8, 4) is 67.9 Å². The highest BCUT2D eigenvalue weighted by molar-refractivity contribution is 6.21. The van der Waals surface area contributed by atoms with Crippen LogP contribution in [-0.4, -0.2) is 19.9 Å². The van der Waals surface area contributed by atoms with Crippen molar-refractivity contribution in [3.63, 3.8) is 0 Å². The molecule has 0 atom stereocenters. The molecule has 0 amide bonds. The Morgan fingerprint density at radius 1 is 0.297 bits per heavy atom. The van der Waals surface area contributed by atoms with Gasteiger partial charge in [-0.15, -0.1) is 0 Å². The van der Waals surface area contributed by atoms with Gasteiger partial charge in [-0.1, -0.05) is 176 Å². The fraction of sp³-hybridized carbons (Fsp3) is 0. The molecular weight excluding hydrogens is 785 g/mol. The Balaban J connectivity index is 0.963. The van der Waals surface area contributed by atoms with Gasteiger partial charge in [-0.3, -0.25) is 0 Å². The number of furan rings is 1. The molecule has 0 N–H and O–H groups in total. The van der Waals surface area contributed by atoms with E-state index in [2.05, 4.69) is 121 Å². The van der Waals surface area contributed by atoms with Crippen LogP contribution in [0.25, 0.3) is 133 Å². The molecule has 0 radical (unpaired) electrons. The van der Waals surface area contributed by atoms with Gasteiger partial charge in [0.15, 0.2) is 34.2 Å². The van der Waals surface area contributed by atoms with Crippen molar-refractivity contribution in [1.82, 2.24) is 19.9 Å². The number of benzene rings is 10. The van der Waals surface area contributed by atoms with E-state index in [1.165, 1.54) is 0 Å². The summed E-state index contributed by atoms with van der Waals surface area (Å²) < 4.78 is 12.9. The van der Waals surface area contributed by atoms with E-state index in [9.17, 15) is 0 Å². The average molecular weight is 819 g/mol. The Kier molecular flexibility index (Phi) is 8.11. The number of aromatic nitrogens is 4. The molecule has 6 nitrogen and oxygen atoms in total. The van der Waals surface area contributed by atoms with Crippen LogP contribution in [-0.2, 0) is 0 Å². The average Bonchev–Trinajstić information content (AvgIpc) is 3.98. The van der Waals surface area contributed by atoms with Crippen LogP contribution in [0.15, 0.2) is 215 Å². The minimum absolute atomic E-state index is 0.555. The number of para-hydroxylation sites is 1. The topological polar surface area (TPSA) is 77.8 Å². The lowest BCUT2D eigenvalue weighted by molar-refractivity contribution is 0.620. The molecular formula is C58H34N4O2. The molecule has 3 aromatic heterocycles. The summed E-state index contributed by atoms with van der Waals surface area (Å²) >= 11 is 0. The van der Waals surface area contributed by atoms with Gasteiger partial charge in [0.25, 0.3) is 0 Å². The van der Waals surface area contributed by atoms with Crippen LogP contribution < -0.4 is 0 Å². The van der Waals surface area contributed by atoms with Crippen LogP contribution in [0.2, 0.25) is 0 Å². The summed E-state index contributed by atoms with van der Waals surface area (Å²) in [6.45, 7) is 0. The molecule has 0 aliphatic rings. The second-order valence-corrected chi connectivity index (χ2v) is 16.1. The van der Waals surface area contributed by atoms with Gasteiger partial charge in [0.1, 0.15) is 5.58 Å². The second-order valence-electron chi connectivity index (χ2n) is 16.1. The van der Waals surface area contributed by atoms with Crippen LogP contribution >= 0.6 is 0 Å². The van der Waals surface area contributed by atoms with Crippen LogP contribution in [0.4, 0.5) is 0 Å². The van der Waals surface area contributed by atoms with Crippen molar-refractivity contribution in [1.29, 1.82) is 0 Å². The first-order valence-electron chi connectivity index (χ1n) is 21.4. The molecule has 298 valence electrons. The summed E-state index contributed by atoms with van der Waals surface area (Å²) in [6.07, 6.45) is 0. The van der Waals surface area contributed by atoms with Crippen LogP contribution in [0.3, 0.4) is 0 Å². The Morgan fingerprint density at radius 2 is 0.859 bits per heavy atom. The maximum Gasteiger partial charge on any atom is 0.228 e.